The first-order valence-electron chi connectivity index (χ1n) is 7.09. The molecule has 21 heavy (non-hydrogen) atoms. The lowest BCUT2D eigenvalue weighted by molar-refractivity contribution is 0.611. The van der Waals surface area contributed by atoms with Crippen LogP contribution in [0.4, 0.5) is 0 Å². The van der Waals surface area contributed by atoms with Gasteiger partial charge in [0.2, 0.25) is 5.96 Å². The maximum atomic E-state index is 4.69. The van der Waals surface area contributed by atoms with Crippen LogP contribution in [0.2, 0.25) is 0 Å². The first-order chi connectivity index (χ1) is 9.92. The maximum absolute atomic E-state index is 4.69. The van der Waals surface area contributed by atoms with E-state index in [-0.39, 0.29) is 0 Å². The first-order valence-corrected chi connectivity index (χ1v) is 7.09. The summed E-state index contributed by atoms with van der Waals surface area (Å²) in [4.78, 5) is 12.9. The highest BCUT2D eigenvalue weighted by Gasteiger charge is 2.12. The van der Waals surface area contributed by atoms with E-state index in [0.717, 1.165) is 23.5 Å². The smallest absolute Gasteiger partial charge is 0.226 e. The number of hydrogen-bond donors (Lipinski definition) is 1. The number of nitrogens with one attached hydrogen (secondary N) is 1. The summed E-state index contributed by atoms with van der Waals surface area (Å²) in [7, 11) is 7.51. The molecule has 0 radical (unpaired) electrons. The Hall–Kier alpha value is -2.04. The number of nitrogens with zero attached hydrogens (tertiary/aromatic N) is 4. The number of likely N-dealkylation sites (N-methyl/N-ethyl adjacent to an activating group) is 1. The monoisotopic (exact) mass is 291 g/mol. The van der Waals surface area contributed by atoms with Crippen LogP contribution in [0, 0.1) is 0 Å². The summed E-state index contributed by atoms with van der Waals surface area (Å²) in [6.45, 7) is 10.2. The Morgan fingerprint density at radius 2 is 1.95 bits per heavy atom. The summed E-state index contributed by atoms with van der Waals surface area (Å²) < 4.78 is 0. The van der Waals surface area contributed by atoms with Crippen LogP contribution < -0.4 is 5.32 Å². The maximum Gasteiger partial charge on any atom is 0.226 e. The molecule has 0 saturated heterocycles. The summed E-state index contributed by atoms with van der Waals surface area (Å²) in [5.41, 5.74) is 2.06. The van der Waals surface area contributed by atoms with Crippen LogP contribution in [-0.2, 0) is 0 Å². The molecule has 1 N–H and O–H groups in total. The Balaban J connectivity index is 5.59. The van der Waals surface area contributed by atoms with E-state index in [1.54, 1.807) is 7.05 Å². The standard InChI is InChI=1S/C16H29N5/c1-9-13(3)15(20(7)12-11-17-5)19-16(18-6)21(8)14(4)10-2/h10-12,17H,3,9H2,1-2,4-8H3/b12-11-,14-10+,18-16?,19-15?. The van der Waals surface area contributed by atoms with Gasteiger partial charge in [0.05, 0.1) is 0 Å². The molecule has 0 rings (SSSR count). The molecule has 0 aromatic rings. The van der Waals surface area contributed by atoms with E-state index in [1.165, 1.54) is 0 Å². The molecule has 0 unspecified atom stereocenters. The zero-order valence-electron chi connectivity index (χ0n) is 14.4. The van der Waals surface area contributed by atoms with Gasteiger partial charge in [0.15, 0.2) is 0 Å². The Labute approximate surface area is 129 Å². The average Bonchev–Trinajstić information content (AvgIpc) is 2.51. The molecule has 118 valence electrons. The van der Waals surface area contributed by atoms with Crippen molar-refractivity contribution in [1.29, 1.82) is 0 Å². The van der Waals surface area contributed by atoms with Gasteiger partial charge in [0.25, 0.3) is 0 Å². The van der Waals surface area contributed by atoms with Gasteiger partial charge in [0.1, 0.15) is 5.84 Å². The van der Waals surface area contributed by atoms with E-state index in [4.69, 9.17) is 0 Å². The highest BCUT2D eigenvalue weighted by Crippen LogP contribution is 2.09. The second-order valence-electron chi connectivity index (χ2n) is 4.62. The lowest BCUT2D eigenvalue weighted by atomic mass is 10.2. The molecule has 0 aromatic carbocycles. The fourth-order valence-electron chi connectivity index (χ4n) is 1.54. The SMILES string of the molecule is C=C(CC)C(=NC(=NC)N(C)/C(C)=C/C)N(C)/C=C\NC. The van der Waals surface area contributed by atoms with Gasteiger partial charge in [-0.1, -0.05) is 19.6 Å². The number of aliphatic imine (C=N–C) groups is 2. The van der Waals surface area contributed by atoms with Crippen molar-refractivity contribution >= 4 is 11.8 Å². The quantitative estimate of drug-likeness (QED) is 0.625. The van der Waals surface area contributed by atoms with Crippen LogP contribution in [0.3, 0.4) is 0 Å². The van der Waals surface area contributed by atoms with E-state index in [0.29, 0.717) is 5.96 Å². The van der Waals surface area contributed by atoms with Crippen LogP contribution in [0.15, 0.2) is 46.3 Å². The topological polar surface area (TPSA) is 43.2 Å². The fourth-order valence-corrected chi connectivity index (χ4v) is 1.54. The molecular formula is C16H29N5. The minimum atomic E-state index is 0.653. The van der Waals surface area contributed by atoms with Crippen molar-refractivity contribution in [2.45, 2.75) is 27.2 Å². The zero-order valence-corrected chi connectivity index (χ0v) is 14.4. The molecule has 0 aliphatic carbocycles. The van der Waals surface area contributed by atoms with Gasteiger partial charge in [-0.3, -0.25) is 4.99 Å². The molecule has 5 nitrogen and oxygen atoms in total. The third-order valence-electron chi connectivity index (χ3n) is 3.19. The van der Waals surface area contributed by atoms with Gasteiger partial charge in [-0.2, -0.15) is 4.99 Å². The Bertz CT molecular complexity index is 457. The van der Waals surface area contributed by atoms with Crippen molar-refractivity contribution < 1.29 is 0 Å². The molecule has 0 atom stereocenters. The molecule has 0 aliphatic rings. The predicted octanol–water partition coefficient (Wildman–Crippen LogP) is 2.81. The number of amidine groups is 1. The van der Waals surface area contributed by atoms with Gasteiger partial charge in [-0.25, -0.2) is 0 Å². The normalized spacial score (nSPS) is 13.6. The third kappa shape index (κ3) is 5.85. The molecule has 0 heterocycles. The van der Waals surface area contributed by atoms with E-state index >= 15 is 0 Å². The average molecular weight is 291 g/mol. The number of hydrogen-bond acceptors (Lipinski definition) is 2. The zero-order chi connectivity index (χ0) is 16.4. The molecule has 0 aliphatic heterocycles. The Kier molecular flexibility index (Phi) is 8.85. The van der Waals surface area contributed by atoms with E-state index < -0.39 is 0 Å². The van der Waals surface area contributed by atoms with Crippen molar-refractivity contribution in [3.8, 4) is 0 Å². The minimum absolute atomic E-state index is 0.653. The fraction of sp³-hybridized carbons (Fsp3) is 0.500. The minimum Gasteiger partial charge on any atom is -0.393 e. The summed E-state index contributed by atoms with van der Waals surface area (Å²) in [5, 5.41) is 2.97. The van der Waals surface area contributed by atoms with Crippen molar-refractivity contribution in [3.05, 3.63) is 36.3 Å². The van der Waals surface area contributed by atoms with Crippen molar-refractivity contribution in [2.24, 2.45) is 9.98 Å². The van der Waals surface area contributed by atoms with E-state index in [1.807, 2.05) is 63.3 Å². The van der Waals surface area contributed by atoms with E-state index in [2.05, 4.69) is 28.8 Å². The summed E-state index contributed by atoms with van der Waals surface area (Å²) >= 11 is 0. The number of rotatable bonds is 5. The van der Waals surface area contributed by atoms with Crippen molar-refractivity contribution in [1.82, 2.24) is 15.1 Å². The van der Waals surface area contributed by atoms with Gasteiger partial charge in [-0.05, 0) is 25.8 Å². The highest BCUT2D eigenvalue weighted by atomic mass is 15.3. The second kappa shape index (κ2) is 9.80. The highest BCUT2D eigenvalue weighted by molar-refractivity contribution is 6.05. The van der Waals surface area contributed by atoms with Crippen molar-refractivity contribution in [3.63, 3.8) is 0 Å². The van der Waals surface area contributed by atoms with Crippen LogP contribution >= 0.6 is 0 Å². The molecular weight excluding hydrogens is 262 g/mol. The lowest BCUT2D eigenvalue weighted by Crippen LogP contribution is -2.29. The number of allylic oxidation sites excluding steroid dienone is 2. The third-order valence-corrected chi connectivity index (χ3v) is 3.19. The lowest BCUT2D eigenvalue weighted by Gasteiger charge is -2.23. The molecule has 0 fully saturated rings. The molecule has 5 heteroatoms. The van der Waals surface area contributed by atoms with Gasteiger partial charge < -0.3 is 15.1 Å². The summed E-state index contributed by atoms with van der Waals surface area (Å²) in [6, 6.07) is 0. The van der Waals surface area contributed by atoms with Gasteiger partial charge in [0, 0.05) is 46.3 Å². The Morgan fingerprint density at radius 3 is 2.38 bits per heavy atom. The first kappa shape index (κ1) is 19.0. The largest absolute Gasteiger partial charge is 0.393 e. The Morgan fingerprint density at radius 1 is 1.33 bits per heavy atom. The number of guanidine groups is 1. The van der Waals surface area contributed by atoms with Crippen LogP contribution in [0.25, 0.3) is 0 Å². The van der Waals surface area contributed by atoms with Crippen LogP contribution in [0.1, 0.15) is 27.2 Å². The molecule has 0 aromatic heterocycles. The van der Waals surface area contributed by atoms with Crippen molar-refractivity contribution in [2.75, 3.05) is 28.2 Å². The van der Waals surface area contributed by atoms with Crippen LogP contribution in [-0.4, -0.2) is 49.8 Å². The molecule has 0 amide bonds. The second-order valence-corrected chi connectivity index (χ2v) is 4.62. The van der Waals surface area contributed by atoms with Gasteiger partial charge >= 0.3 is 0 Å². The molecule has 0 spiro atoms. The molecule has 0 bridgehead atoms. The van der Waals surface area contributed by atoms with Gasteiger partial charge in [-0.15, -0.1) is 0 Å². The predicted molar refractivity (Wildman–Crippen MR) is 93.4 cm³/mol. The van der Waals surface area contributed by atoms with Crippen LogP contribution in [0.5, 0.6) is 0 Å². The molecule has 0 saturated carbocycles. The summed E-state index contributed by atoms with van der Waals surface area (Å²) in [5.74, 6) is 1.46. The summed E-state index contributed by atoms with van der Waals surface area (Å²) in [6.07, 6.45) is 6.62. The van der Waals surface area contributed by atoms with E-state index in [9.17, 15) is 0 Å².